The second-order valence-electron chi connectivity index (χ2n) is 11.8. The van der Waals surface area contributed by atoms with Gasteiger partial charge in [-0.2, -0.15) is 23.1 Å². The number of benzene rings is 1. The topological polar surface area (TPSA) is 138 Å². The van der Waals surface area contributed by atoms with Gasteiger partial charge in [0.2, 0.25) is 0 Å². The molecule has 2 bridgehead atoms. The number of morpholine rings is 1. The monoisotopic (exact) mass is 674 g/mol. The quantitative estimate of drug-likeness (QED) is 0.262. The highest BCUT2D eigenvalue weighted by molar-refractivity contribution is 6.37. The van der Waals surface area contributed by atoms with Crippen LogP contribution in [-0.2, 0) is 10.9 Å². The second kappa shape index (κ2) is 11.8. The van der Waals surface area contributed by atoms with Gasteiger partial charge in [-0.25, -0.2) is 14.4 Å². The normalized spacial score (nSPS) is 21.4. The number of fused-ring (bicyclic) bond motifs is 2. The first kappa shape index (κ1) is 31.4. The van der Waals surface area contributed by atoms with Crippen molar-refractivity contribution in [2.75, 3.05) is 55.8 Å². The summed E-state index contributed by atoms with van der Waals surface area (Å²) in [7, 11) is 0. The molecule has 7 rings (SSSR count). The van der Waals surface area contributed by atoms with Crippen molar-refractivity contribution in [3.8, 4) is 22.9 Å². The molecule has 0 spiro atoms. The Bertz CT molecular complexity index is 1880. The van der Waals surface area contributed by atoms with Gasteiger partial charge in [0.25, 0.3) is 0 Å². The van der Waals surface area contributed by atoms with Gasteiger partial charge in [-0.05, 0) is 31.9 Å². The Kier molecular flexibility index (Phi) is 7.88. The van der Waals surface area contributed by atoms with Crippen LogP contribution < -0.4 is 25.8 Å². The summed E-state index contributed by atoms with van der Waals surface area (Å²) in [5.74, 6) is -0.809. The molecule has 6 heterocycles. The summed E-state index contributed by atoms with van der Waals surface area (Å²) in [6.07, 6.45) is -1.72. The number of nitrogens with two attached hydrogens (primary N) is 2. The van der Waals surface area contributed by atoms with E-state index in [2.05, 4.69) is 19.9 Å². The Balaban J connectivity index is 1.43. The molecule has 2 saturated heterocycles. The van der Waals surface area contributed by atoms with Gasteiger partial charge in [0.1, 0.15) is 36.2 Å². The van der Waals surface area contributed by atoms with Crippen molar-refractivity contribution in [1.29, 1.82) is 0 Å². The number of nitrogens with zero attached hydrogens (tertiary/aromatic N) is 6. The maximum Gasteiger partial charge on any atom is 0.418 e. The molecule has 1 unspecified atom stereocenters. The predicted octanol–water partition coefficient (Wildman–Crippen LogP) is 5.18. The highest BCUT2D eigenvalue weighted by Crippen LogP contribution is 2.51. The number of alkyl halides is 3. The molecule has 4 atom stereocenters. The predicted molar refractivity (Wildman–Crippen MR) is 167 cm³/mol. The average molecular weight is 675 g/mol. The molecule has 0 aliphatic carbocycles. The summed E-state index contributed by atoms with van der Waals surface area (Å²) in [5, 5.41) is -0.161. The molecular formula is C31H31ClF4N8O3. The molecule has 0 amide bonds. The Morgan fingerprint density at radius 2 is 1.94 bits per heavy atom. The molecule has 16 heteroatoms. The third-order valence-electron chi connectivity index (χ3n) is 9.13. The molecule has 2 fully saturated rings. The molecule has 0 saturated carbocycles. The summed E-state index contributed by atoms with van der Waals surface area (Å²) in [4.78, 5) is 21.3. The maximum absolute atomic E-state index is 16.9. The van der Waals surface area contributed by atoms with Crippen molar-refractivity contribution >= 4 is 40.0 Å². The van der Waals surface area contributed by atoms with Crippen molar-refractivity contribution in [3.05, 3.63) is 52.1 Å². The Labute approximate surface area is 271 Å². The van der Waals surface area contributed by atoms with Gasteiger partial charge in [0, 0.05) is 48.2 Å². The van der Waals surface area contributed by atoms with E-state index in [9.17, 15) is 13.2 Å². The first-order valence-corrected chi connectivity index (χ1v) is 15.4. The third-order valence-corrected chi connectivity index (χ3v) is 9.49. The fraction of sp³-hybridized carbons (Fsp3) is 0.419. The van der Waals surface area contributed by atoms with E-state index in [1.165, 1.54) is 6.92 Å². The molecule has 4 N–H and O–H groups in total. The zero-order chi connectivity index (χ0) is 33.2. The Morgan fingerprint density at radius 1 is 1.13 bits per heavy atom. The van der Waals surface area contributed by atoms with Crippen molar-refractivity contribution in [3.63, 3.8) is 0 Å². The molecule has 248 valence electrons. The fourth-order valence-electron chi connectivity index (χ4n) is 6.78. The minimum atomic E-state index is -4.78. The van der Waals surface area contributed by atoms with Crippen LogP contribution in [-0.4, -0.2) is 76.4 Å². The number of pyridine rings is 2. The van der Waals surface area contributed by atoms with Crippen LogP contribution >= 0.6 is 11.6 Å². The van der Waals surface area contributed by atoms with Gasteiger partial charge in [-0.15, -0.1) is 0 Å². The van der Waals surface area contributed by atoms with Crippen molar-refractivity contribution in [2.45, 2.75) is 44.6 Å². The molecule has 11 nitrogen and oxygen atoms in total. The summed E-state index contributed by atoms with van der Waals surface area (Å²) in [5.41, 5.74) is 10.6. The van der Waals surface area contributed by atoms with Crippen LogP contribution in [0.4, 0.5) is 35.0 Å². The van der Waals surface area contributed by atoms with Gasteiger partial charge in [-0.1, -0.05) is 17.7 Å². The van der Waals surface area contributed by atoms with Crippen molar-refractivity contribution in [2.24, 2.45) is 0 Å². The lowest BCUT2D eigenvalue weighted by Gasteiger charge is -2.30. The van der Waals surface area contributed by atoms with E-state index in [-0.39, 0.29) is 82.4 Å². The first-order chi connectivity index (χ1) is 22.4. The molecule has 3 aliphatic rings. The Hall–Kier alpha value is -4.21. The van der Waals surface area contributed by atoms with Gasteiger partial charge >= 0.3 is 12.2 Å². The molecule has 3 aromatic heterocycles. The molecule has 1 aromatic carbocycles. The lowest BCUT2D eigenvalue weighted by Crippen LogP contribution is -2.39. The number of hydrogen-bond donors (Lipinski definition) is 2. The number of nitrogen functional groups attached to an aromatic ring is 2. The van der Waals surface area contributed by atoms with Crippen LogP contribution in [0.2, 0.25) is 5.02 Å². The van der Waals surface area contributed by atoms with Crippen LogP contribution in [0, 0.1) is 12.7 Å². The van der Waals surface area contributed by atoms with Gasteiger partial charge in [0.05, 0.1) is 41.3 Å². The van der Waals surface area contributed by atoms with Crippen LogP contribution in [0.15, 0.2) is 24.5 Å². The largest absolute Gasteiger partial charge is 0.489 e. The van der Waals surface area contributed by atoms with Gasteiger partial charge in [0.15, 0.2) is 11.6 Å². The SMILES string of the molecule is Cc1c(C(F)(F)F)cnc(N)c1-c1c(Cl)c2c3c(nc(OC[C@H]4C[C@@H]5CN4CCO5)nc3c1F)N([C@H](C)c1cccnc1N)CCO2. The van der Waals surface area contributed by atoms with Crippen LogP contribution in [0.25, 0.3) is 22.0 Å². The lowest BCUT2D eigenvalue weighted by atomic mass is 9.95. The number of aromatic nitrogens is 4. The first-order valence-electron chi connectivity index (χ1n) is 15.1. The number of rotatable bonds is 6. The molecule has 0 radical (unpaired) electrons. The summed E-state index contributed by atoms with van der Waals surface area (Å²) in [6.45, 7) is 5.79. The number of anilines is 3. The fourth-order valence-corrected chi connectivity index (χ4v) is 7.11. The van der Waals surface area contributed by atoms with E-state index in [4.69, 9.17) is 42.3 Å². The van der Waals surface area contributed by atoms with E-state index < -0.39 is 29.2 Å². The molecule has 4 aromatic rings. The number of hydrogen-bond acceptors (Lipinski definition) is 11. The highest BCUT2D eigenvalue weighted by Gasteiger charge is 2.39. The second-order valence-corrected chi connectivity index (χ2v) is 12.2. The highest BCUT2D eigenvalue weighted by atomic mass is 35.5. The lowest BCUT2D eigenvalue weighted by molar-refractivity contribution is -0.138. The number of halogens is 5. The average Bonchev–Trinajstić information content (AvgIpc) is 3.17. The smallest absolute Gasteiger partial charge is 0.418 e. The van der Waals surface area contributed by atoms with Crippen molar-refractivity contribution < 1.29 is 31.8 Å². The molecule has 3 aliphatic heterocycles. The minimum Gasteiger partial charge on any atom is -0.489 e. The van der Waals surface area contributed by atoms with E-state index >= 15 is 4.39 Å². The summed E-state index contributed by atoms with van der Waals surface area (Å²) < 4.78 is 76.8. The van der Waals surface area contributed by atoms with Gasteiger partial charge < -0.3 is 30.6 Å². The molecular weight excluding hydrogens is 644 g/mol. The summed E-state index contributed by atoms with van der Waals surface area (Å²) >= 11 is 6.84. The van der Waals surface area contributed by atoms with Crippen LogP contribution in [0.5, 0.6) is 11.8 Å². The zero-order valence-electron chi connectivity index (χ0n) is 25.4. The van der Waals surface area contributed by atoms with Crippen LogP contribution in [0.3, 0.4) is 0 Å². The van der Waals surface area contributed by atoms with E-state index in [0.717, 1.165) is 19.5 Å². The van der Waals surface area contributed by atoms with Crippen LogP contribution in [0.1, 0.15) is 36.1 Å². The van der Waals surface area contributed by atoms with Gasteiger partial charge in [-0.3, -0.25) is 4.90 Å². The molecule has 47 heavy (non-hydrogen) atoms. The third kappa shape index (κ3) is 5.39. The minimum absolute atomic E-state index is 0.00228. The van der Waals surface area contributed by atoms with E-state index in [1.807, 2.05) is 17.9 Å². The maximum atomic E-state index is 16.9. The standard InChI is InChI=1S/C31H31ClF4N8O3/c1-14-19(31(34,35)36)11-40-28(38)20(14)21-23(32)26-22-25(24(21)33)41-30(47-13-16-10-17-12-43(16)6-8-45-17)42-29(22)44(7-9-46-26)15(2)18-4-3-5-39-27(18)37/h3-5,11,15-17H,6-10,12-13H2,1-2H3,(H2,37,39)(H2,38,40)/t15-,16-,17-/m1/s1. The van der Waals surface area contributed by atoms with E-state index in [1.54, 1.807) is 12.3 Å². The zero-order valence-corrected chi connectivity index (χ0v) is 26.2. The van der Waals surface area contributed by atoms with Crippen molar-refractivity contribution in [1.82, 2.24) is 24.8 Å². The Morgan fingerprint density at radius 3 is 2.68 bits per heavy atom. The number of ether oxygens (including phenoxy) is 3. The van der Waals surface area contributed by atoms with E-state index in [0.29, 0.717) is 24.2 Å². The summed E-state index contributed by atoms with van der Waals surface area (Å²) in [6, 6.07) is 3.07.